The molecule has 35 heavy (non-hydrogen) atoms. The summed E-state index contributed by atoms with van der Waals surface area (Å²) in [4.78, 5) is 23.2. The maximum absolute atomic E-state index is 12.3. The second-order valence-electron chi connectivity index (χ2n) is 8.12. The fraction of sp³-hybridized carbons (Fsp3) is 0.417. The number of hydrogen-bond acceptors (Lipinski definition) is 10. The van der Waals surface area contributed by atoms with E-state index < -0.39 is 42.6 Å². The number of ketones is 1. The maximum atomic E-state index is 12.3. The zero-order valence-electron chi connectivity index (χ0n) is 19.6. The lowest BCUT2D eigenvalue weighted by molar-refractivity contribution is -0.320. The number of carboxylic acids is 1. The minimum absolute atomic E-state index is 0.0936. The van der Waals surface area contributed by atoms with E-state index in [2.05, 4.69) is 5.32 Å². The summed E-state index contributed by atoms with van der Waals surface area (Å²) in [5, 5.41) is 58.9. The van der Waals surface area contributed by atoms with Gasteiger partial charge in [0.1, 0.15) is 29.7 Å². The molecular weight excluding hydrogens is 482 g/mol. The number of rotatable bonds is 11. The Bertz CT molecular complexity index is 935. The highest BCUT2D eigenvalue weighted by molar-refractivity contribution is 6.30. The first-order valence-corrected chi connectivity index (χ1v) is 11.0. The molecule has 2 aromatic rings. The summed E-state index contributed by atoms with van der Waals surface area (Å²) in [6.07, 6.45) is -5.65. The Hall–Kier alpha value is -2.57. The molecule has 0 radical (unpaired) electrons. The molecule has 4 atom stereocenters. The van der Waals surface area contributed by atoms with E-state index in [9.17, 15) is 19.8 Å². The van der Waals surface area contributed by atoms with Crippen LogP contribution in [0, 0.1) is 0 Å². The third-order valence-corrected chi connectivity index (χ3v) is 5.08. The first kappa shape index (κ1) is 30.5. The van der Waals surface area contributed by atoms with E-state index in [1.54, 1.807) is 55.6 Å². The quantitative estimate of drug-likeness (QED) is 0.207. The number of benzene rings is 2. The van der Waals surface area contributed by atoms with Crippen molar-refractivity contribution in [2.45, 2.75) is 43.9 Å². The van der Waals surface area contributed by atoms with Gasteiger partial charge in [-0.3, -0.25) is 4.79 Å². The normalized spacial score (nSPS) is 14.7. The molecule has 0 aliphatic rings. The molecule has 194 valence electrons. The van der Waals surface area contributed by atoms with E-state index in [-0.39, 0.29) is 12.3 Å². The van der Waals surface area contributed by atoms with E-state index in [4.69, 9.17) is 36.8 Å². The average Bonchev–Trinajstić information content (AvgIpc) is 2.83. The molecule has 4 unspecified atom stereocenters. The smallest absolute Gasteiger partial charge is 0.193 e. The van der Waals surface area contributed by atoms with Crippen molar-refractivity contribution in [3.8, 4) is 5.75 Å². The van der Waals surface area contributed by atoms with Gasteiger partial charge in [-0.15, -0.1) is 0 Å². The van der Waals surface area contributed by atoms with Crippen molar-refractivity contribution >= 4 is 23.4 Å². The number of hydrogen-bond donors (Lipinski definition) is 6. The summed E-state index contributed by atoms with van der Waals surface area (Å²) < 4.78 is 5.33. The molecule has 0 amide bonds. The van der Waals surface area contributed by atoms with Gasteiger partial charge >= 0.3 is 0 Å². The summed E-state index contributed by atoms with van der Waals surface area (Å²) in [5.41, 5.74) is -0.448. The van der Waals surface area contributed by atoms with Crippen LogP contribution >= 0.6 is 11.6 Å². The number of ether oxygens (including phenoxy) is 1. The number of aliphatic hydroxyl groups is 5. The second kappa shape index (κ2) is 14.1. The zero-order valence-corrected chi connectivity index (χ0v) is 20.3. The number of carbonyl (C=O) groups is 2. The Balaban J connectivity index is 0.000000405. The molecule has 0 saturated carbocycles. The summed E-state index contributed by atoms with van der Waals surface area (Å²) in [6, 6.07) is 12.9. The van der Waals surface area contributed by atoms with Gasteiger partial charge in [-0.25, -0.2) is 0 Å². The molecule has 0 fully saturated rings. The van der Waals surface area contributed by atoms with Gasteiger partial charge in [0, 0.05) is 22.7 Å². The van der Waals surface area contributed by atoms with Crippen LogP contribution < -0.4 is 15.2 Å². The lowest BCUT2D eigenvalue weighted by Crippen LogP contribution is -2.48. The summed E-state index contributed by atoms with van der Waals surface area (Å²) in [7, 11) is 1.57. The van der Waals surface area contributed by atoms with Crippen molar-refractivity contribution in [3.63, 3.8) is 0 Å². The highest BCUT2D eigenvalue weighted by Crippen LogP contribution is 2.20. The minimum atomic E-state index is -1.55. The molecule has 0 saturated heterocycles. The van der Waals surface area contributed by atoms with Crippen LogP contribution in [0.1, 0.15) is 29.8 Å². The molecule has 0 aliphatic carbocycles. The molecule has 0 heterocycles. The highest BCUT2D eigenvalue weighted by Gasteiger charge is 2.29. The van der Waals surface area contributed by atoms with E-state index in [1.165, 1.54) is 13.8 Å². The van der Waals surface area contributed by atoms with Crippen LogP contribution in [0.4, 0.5) is 0 Å². The molecule has 2 aromatic carbocycles. The predicted molar refractivity (Wildman–Crippen MR) is 126 cm³/mol. The van der Waals surface area contributed by atoms with Crippen LogP contribution in [0.5, 0.6) is 5.75 Å². The average molecular weight is 513 g/mol. The molecule has 11 heteroatoms. The highest BCUT2D eigenvalue weighted by atomic mass is 35.5. The topological polar surface area (TPSA) is 180 Å². The Morgan fingerprint density at radius 3 is 1.83 bits per heavy atom. The molecule has 0 aliphatic heterocycles. The SMILES string of the molecule is CC(C)(Oc1ccc(C(=O)c2ccc(Cl)cc2)cc1)C(=O)[O-].CNCC(O)C(O)C(O)C(O)CO. The number of carbonyl (C=O) groups excluding carboxylic acids is 2. The van der Waals surface area contributed by atoms with Gasteiger partial charge in [-0.2, -0.15) is 0 Å². The van der Waals surface area contributed by atoms with Crippen LogP contribution in [0.3, 0.4) is 0 Å². The summed E-state index contributed by atoms with van der Waals surface area (Å²) in [6.45, 7) is 2.23. The monoisotopic (exact) mass is 512 g/mol. The number of halogens is 1. The summed E-state index contributed by atoms with van der Waals surface area (Å²) in [5.74, 6) is -1.11. The first-order chi connectivity index (χ1) is 16.3. The van der Waals surface area contributed by atoms with Crippen molar-refractivity contribution in [2.75, 3.05) is 20.2 Å². The summed E-state index contributed by atoms with van der Waals surface area (Å²) >= 11 is 5.79. The molecule has 0 bridgehead atoms. The van der Waals surface area contributed by atoms with Crippen molar-refractivity contribution in [1.82, 2.24) is 5.32 Å². The molecule has 10 nitrogen and oxygen atoms in total. The van der Waals surface area contributed by atoms with Gasteiger partial charge in [0.2, 0.25) is 0 Å². The Morgan fingerprint density at radius 1 is 0.943 bits per heavy atom. The van der Waals surface area contributed by atoms with Gasteiger partial charge in [-0.05, 0) is 69.4 Å². The van der Waals surface area contributed by atoms with Crippen molar-refractivity contribution in [3.05, 3.63) is 64.7 Å². The van der Waals surface area contributed by atoms with E-state index >= 15 is 0 Å². The van der Waals surface area contributed by atoms with Crippen molar-refractivity contribution < 1.29 is 45.0 Å². The van der Waals surface area contributed by atoms with E-state index in [0.29, 0.717) is 21.9 Å². The van der Waals surface area contributed by atoms with Gasteiger partial charge in [0.05, 0.1) is 18.7 Å². The molecular formula is C24H31ClNO9-. The number of likely N-dealkylation sites (N-methyl/N-ethyl adjacent to an activating group) is 1. The number of aliphatic carboxylic acids is 1. The van der Waals surface area contributed by atoms with Gasteiger partial charge < -0.3 is 45.5 Å². The lowest BCUT2D eigenvalue weighted by Gasteiger charge is -2.27. The molecule has 2 rings (SSSR count). The van der Waals surface area contributed by atoms with E-state index in [0.717, 1.165) is 0 Å². The predicted octanol–water partition coefficient (Wildman–Crippen LogP) is -0.880. The van der Waals surface area contributed by atoms with Crippen LogP contribution in [0.25, 0.3) is 0 Å². The Kier molecular flexibility index (Phi) is 12.3. The van der Waals surface area contributed by atoms with Gasteiger partial charge in [-0.1, -0.05) is 11.6 Å². The molecule has 0 aromatic heterocycles. The zero-order chi connectivity index (χ0) is 26.8. The third-order valence-electron chi connectivity index (χ3n) is 4.83. The van der Waals surface area contributed by atoms with E-state index in [1.807, 2.05) is 0 Å². The lowest BCUT2D eigenvalue weighted by atomic mass is 10.0. The largest absolute Gasteiger partial charge is 0.546 e. The fourth-order valence-electron chi connectivity index (χ4n) is 2.67. The minimum Gasteiger partial charge on any atom is -0.546 e. The van der Waals surface area contributed by atoms with Crippen LogP contribution in [-0.2, 0) is 4.79 Å². The second-order valence-corrected chi connectivity index (χ2v) is 8.55. The Morgan fingerprint density at radius 2 is 1.40 bits per heavy atom. The number of aliphatic hydroxyl groups excluding tert-OH is 5. The van der Waals surface area contributed by atoms with Crippen LogP contribution in [0.15, 0.2) is 48.5 Å². The Labute approximate surface area is 208 Å². The standard InChI is InChI=1S/C17H15ClO4.C7H17NO5/c1-17(2,16(20)21)22-14-9-5-12(6-10-14)15(19)11-3-7-13(18)8-4-11;1-8-2-4(10)6(12)7(13)5(11)3-9/h3-10H,1-2H3,(H,20,21);4-13H,2-3H2,1H3/p-1. The van der Waals surface area contributed by atoms with Crippen LogP contribution in [0.2, 0.25) is 5.02 Å². The molecule has 6 N–H and O–H groups in total. The molecule has 0 spiro atoms. The van der Waals surface area contributed by atoms with Gasteiger partial charge in [0.25, 0.3) is 0 Å². The first-order valence-electron chi connectivity index (χ1n) is 10.6. The number of carboxylic acid groups (broad SMARTS) is 1. The number of nitrogens with one attached hydrogen (secondary N) is 1. The third kappa shape index (κ3) is 9.54. The maximum Gasteiger partial charge on any atom is 0.193 e. The van der Waals surface area contributed by atoms with Crippen molar-refractivity contribution in [1.29, 1.82) is 0 Å². The fourth-order valence-corrected chi connectivity index (χ4v) is 2.80. The van der Waals surface area contributed by atoms with Crippen LogP contribution in [-0.4, -0.2) is 87.5 Å². The van der Waals surface area contributed by atoms with Gasteiger partial charge in [0.15, 0.2) is 5.78 Å². The van der Waals surface area contributed by atoms with Crippen molar-refractivity contribution in [2.24, 2.45) is 0 Å².